The number of para-hydroxylation sites is 2. The Balaban J connectivity index is 1.68. The van der Waals surface area contributed by atoms with Crippen molar-refractivity contribution in [3.63, 3.8) is 0 Å². The number of amides is 2. The van der Waals surface area contributed by atoms with Crippen LogP contribution in [0.1, 0.15) is 30.4 Å². The minimum absolute atomic E-state index is 0.0517. The first-order valence-corrected chi connectivity index (χ1v) is 9.35. The molecule has 0 saturated heterocycles. The van der Waals surface area contributed by atoms with Crippen molar-refractivity contribution in [3.8, 4) is 5.75 Å². The predicted octanol–water partition coefficient (Wildman–Crippen LogP) is 3.60. The molecular weight excluding hydrogens is 372 g/mol. The maximum atomic E-state index is 12.0. The molecule has 0 bridgehead atoms. The summed E-state index contributed by atoms with van der Waals surface area (Å²) in [6.07, 6.45) is 0.524. The van der Waals surface area contributed by atoms with E-state index in [0.717, 1.165) is 11.1 Å². The minimum atomic E-state index is -0.522. The van der Waals surface area contributed by atoms with E-state index in [1.165, 1.54) is 7.11 Å². The molecule has 0 heterocycles. The van der Waals surface area contributed by atoms with Gasteiger partial charge in [0.05, 0.1) is 12.8 Å². The Morgan fingerprint density at radius 2 is 1.55 bits per heavy atom. The zero-order valence-corrected chi connectivity index (χ0v) is 16.9. The van der Waals surface area contributed by atoms with Gasteiger partial charge in [-0.15, -0.1) is 0 Å². The number of aryl methyl sites for hydroxylation is 1. The van der Waals surface area contributed by atoms with E-state index in [2.05, 4.69) is 10.6 Å². The predicted molar refractivity (Wildman–Crippen MR) is 111 cm³/mol. The molecule has 0 aliphatic carbocycles. The molecule has 0 aliphatic rings. The Labute approximate surface area is 170 Å². The number of benzene rings is 2. The van der Waals surface area contributed by atoms with E-state index in [4.69, 9.17) is 9.47 Å². The third kappa shape index (κ3) is 6.95. The second-order valence-electron chi connectivity index (χ2n) is 6.56. The molecule has 7 heteroatoms. The van der Waals surface area contributed by atoms with Gasteiger partial charge in [-0.25, -0.2) is 0 Å². The van der Waals surface area contributed by atoms with E-state index >= 15 is 0 Å². The summed E-state index contributed by atoms with van der Waals surface area (Å²) in [6.45, 7) is 3.50. The maximum Gasteiger partial charge on any atom is 0.306 e. The van der Waals surface area contributed by atoms with Gasteiger partial charge < -0.3 is 20.1 Å². The van der Waals surface area contributed by atoms with Crippen molar-refractivity contribution < 1.29 is 23.9 Å². The standard InChI is InChI=1S/C22H26N2O5/c1-15-8-6-10-17(16(15)2)23-21(26)14-29-22(27)13-7-12-20(25)24-18-9-4-5-11-19(18)28-3/h4-6,8-11H,7,12-14H2,1-3H3,(H,23,26)(H,24,25). The zero-order valence-electron chi connectivity index (χ0n) is 16.9. The fourth-order valence-corrected chi connectivity index (χ4v) is 2.64. The van der Waals surface area contributed by atoms with Gasteiger partial charge in [-0.3, -0.25) is 14.4 Å². The molecule has 2 amide bonds. The van der Waals surface area contributed by atoms with Crippen molar-refractivity contribution in [2.24, 2.45) is 0 Å². The second kappa shape index (κ2) is 10.8. The molecule has 0 saturated carbocycles. The van der Waals surface area contributed by atoms with E-state index in [9.17, 15) is 14.4 Å². The van der Waals surface area contributed by atoms with Crippen LogP contribution >= 0.6 is 0 Å². The molecule has 2 N–H and O–H groups in total. The first-order chi connectivity index (χ1) is 13.9. The molecule has 154 valence electrons. The lowest BCUT2D eigenvalue weighted by Gasteiger charge is -2.11. The van der Waals surface area contributed by atoms with Gasteiger partial charge in [-0.1, -0.05) is 24.3 Å². The molecule has 29 heavy (non-hydrogen) atoms. The number of ether oxygens (including phenoxy) is 2. The zero-order chi connectivity index (χ0) is 21.2. The van der Waals surface area contributed by atoms with Crippen LogP contribution < -0.4 is 15.4 Å². The fourth-order valence-electron chi connectivity index (χ4n) is 2.64. The number of nitrogens with one attached hydrogen (secondary N) is 2. The molecule has 0 aromatic heterocycles. The van der Waals surface area contributed by atoms with Crippen molar-refractivity contribution in [3.05, 3.63) is 53.6 Å². The lowest BCUT2D eigenvalue weighted by atomic mass is 10.1. The first kappa shape index (κ1) is 21.9. The van der Waals surface area contributed by atoms with Crippen LogP contribution in [0.3, 0.4) is 0 Å². The van der Waals surface area contributed by atoms with E-state index in [1.54, 1.807) is 30.3 Å². The highest BCUT2D eigenvalue weighted by Gasteiger charge is 2.11. The summed E-state index contributed by atoms with van der Waals surface area (Å²) in [7, 11) is 1.53. The highest BCUT2D eigenvalue weighted by molar-refractivity contribution is 5.94. The smallest absolute Gasteiger partial charge is 0.306 e. The van der Waals surface area contributed by atoms with Crippen LogP contribution in [0.2, 0.25) is 0 Å². The van der Waals surface area contributed by atoms with Gasteiger partial charge in [0, 0.05) is 18.5 Å². The Bertz CT molecular complexity index is 879. The van der Waals surface area contributed by atoms with Crippen LogP contribution in [0.4, 0.5) is 11.4 Å². The summed E-state index contributed by atoms with van der Waals surface area (Å²) in [5, 5.41) is 5.47. The van der Waals surface area contributed by atoms with E-state index in [0.29, 0.717) is 23.5 Å². The van der Waals surface area contributed by atoms with Gasteiger partial charge in [0.25, 0.3) is 5.91 Å². The first-order valence-electron chi connectivity index (χ1n) is 9.35. The summed E-state index contributed by atoms with van der Waals surface area (Å²) < 4.78 is 10.2. The lowest BCUT2D eigenvalue weighted by molar-refractivity contribution is -0.147. The Hall–Kier alpha value is -3.35. The van der Waals surface area contributed by atoms with E-state index in [1.807, 2.05) is 26.0 Å². The second-order valence-corrected chi connectivity index (χ2v) is 6.56. The van der Waals surface area contributed by atoms with Crippen molar-refractivity contribution in [2.75, 3.05) is 24.4 Å². The van der Waals surface area contributed by atoms with E-state index < -0.39 is 11.9 Å². The summed E-state index contributed by atoms with van der Waals surface area (Å²) in [5.74, 6) is -0.586. The number of hydrogen-bond donors (Lipinski definition) is 2. The van der Waals surface area contributed by atoms with Gasteiger partial charge >= 0.3 is 5.97 Å². The Morgan fingerprint density at radius 1 is 0.862 bits per heavy atom. The van der Waals surface area contributed by atoms with Gasteiger partial charge in [-0.05, 0) is 49.6 Å². The number of anilines is 2. The molecule has 0 aliphatic heterocycles. The molecule has 2 aromatic rings. The number of carbonyl (C=O) groups is 3. The molecule has 0 radical (unpaired) electrons. The largest absolute Gasteiger partial charge is 0.495 e. The molecule has 0 atom stereocenters. The molecule has 0 unspecified atom stereocenters. The highest BCUT2D eigenvalue weighted by atomic mass is 16.5. The molecule has 7 nitrogen and oxygen atoms in total. The Morgan fingerprint density at radius 3 is 2.31 bits per heavy atom. The molecule has 0 spiro atoms. The maximum absolute atomic E-state index is 12.0. The monoisotopic (exact) mass is 398 g/mol. The quantitative estimate of drug-likeness (QED) is 0.630. The fraction of sp³-hybridized carbons (Fsp3) is 0.318. The van der Waals surface area contributed by atoms with Gasteiger partial charge in [0.15, 0.2) is 6.61 Å². The van der Waals surface area contributed by atoms with Crippen molar-refractivity contribution >= 4 is 29.2 Å². The number of carbonyl (C=O) groups excluding carboxylic acids is 3. The van der Waals surface area contributed by atoms with Crippen molar-refractivity contribution in [1.29, 1.82) is 0 Å². The summed E-state index contributed by atoms with van der Waals surface area (Å²) >= 11 is 0. The summed E-state index contributed by atoms with van der Waals surface area (Å²) in [5.41, 5.74) is 3.30. The SMILES string of the molecule is COc1ccccc1NC(=O)CCCC(=O)OCC(=O)Nc1cccc(C)c1C. The molecule has 0 fully saturated rings. The normalized spacial score (nSPS) is 10.2. The summed E-state index contributed by atoms with van der Waals surface area (Å²) in [6, 6.07) is 12.7. The average Bonchev–Trinajstić information content (AvgIpc) is 2.70. The number of methoxy groups -OCH3 is 1. The number of esters is 1. The topological polar surface area (TPSA) is 93.7 Å². The van der Waals surface area contributed by atoms with Crippen LogP contribution in [0.5, 0.6) is 5.75 Å². The Kier molecular flexibility index (Phi) is 8.21. The van der Waals surface area contributed by atoms with Crippen LogP contribution in [-0.2, 0) is 19.1 Å². The molecular formula is C22H26N2O5. The average molecular weight is 398 g/mol. The third-order valence-corrected chi connectivity index (χ3v) is 4.41. The lowest BCUT2D eigenvalue weighted by Crippen LogP contribution is -2.21. The number of hydrogen-bond acceptors (Lipinski definition) is 5. The third-order valence-electron chi connectivity index (χ3n) is 4.41. The van der Waals surface area contributed by atoms with Crippen LogP contribution in [0.15, 0.2) is 42.5 Å². The van der Waals surface area contributed by atoms with Crippen molar-refractivity contribution in [1.82, 2.24) is 0 Å². The number of rotatable bonds is 9. The van der Waals surface area contributed by atoms with Crippen LogP contribution in [-0.4, -0.2) is 31.5 Å². The minimum Gasteiger partial charge on any atom is -0.495 e. The van der Waals surface area contributed by atoms with Crippen LogP contribution in [0, 0.1) is 13.8 Å². The van der Waals surface area contributed by atoms with Gasteiger partial charge in [-0.2, -0.15) is 0 Å². The molecule has 2 aromatic carbocycles. The molecule has 2 rings (SSSR count). The van der Waals surface area contributed by atoms with Crippen molar-refractivity contribution in [2.45, 2.75) is 33.1 Å². The highest BCUT2D eigenvalue weighted by Crippen LogP contribution is 2.23. The summed E-state index contributed by atoms with van der Waals surface area (Å²) in [4.78, 5) is 35.8. The van der Waals surface area contributed by atoms with Crippen LogP contribution in [0.25, 0.3) is 0 Å². The van der Waals surface area contributed by atoms with Gasteiger partial charge in [0.2, 0.25) is 5.91 Å². The van der Waals surface area contributed by atoms with Gasteiger partial charge in [0.1, 0.15) is 5.75 Å². The van der Waals surface area contributed by atoms with E-state index in [-0.39, 0.29) is 25.4 Å².